The number of allylic oxidation sites excluding steroid dienone is 1. The van der Waals surface area contributed by atoms with Crippen LogP contribution in [0.15, 0.2) is 42.0 Å². The number of rotatable bonds is 4. The van der Waals surface area contributed by atoms with Crippen LogP contribution in [0.4, 0.5) is 0 Å². The molecule has 0 fully saturated rings. The second-order valence-electron chi connectivity index (χ2n) is 3.28. The van der Waals surface area contributed by atoms with Crippen LogP contribution in [0.3, 0.4) is 0 Å². The van der Waals surface area contributed by atoms with Crippen molar-refractivity contribution in [3.8, 4) is 0 Å². The summed E-state index contributed by atoms with van der Waals surface area (Å²) in [6, 6.07) is 10.2. The Bertz CT molecular complexity index is 258. The van der Waals surface area contributed by atoms with Gasteiger partial charge < -0.3 is 4.74 Å². The Morgan fingerprint density at radius 1 is 1.23 bits per heavy atom. The molecule has 13 heavy (non-hydrogen) atoms. The maximum Gasteiger partial charge on any atom is 0.0721 e. The first-order chi connectivity index (χ1) is 6.29. The molecule has 1 nitrogen and oxygen atoms in total. The fraction of sp³-hybridized carbons (Fsp3) is 0.333. The highest BCUT2D eigenvalue weighted by Crippen LogP contribution is 2.00. The van der Waals surface area contributed by atoms with Crippen molar-refractivity contribution in [1.29, 1.82) is 0 Å². The minimum absolute atomic E-state index is 0.699. The predicted molar refractivity (Wildman–Crippen MR) is 55.5 cm³/mol. The number of hydrogen-bond donors (Lipinski definition) is 0. The largest absolute Gasteiger partial charge is 0.373 e. The van der Waals surface area contributed by atoms with Gasteiger partial charge in [0.05, 0.1) is 13.2 Å². The van der Waals surface area contributed by atoms with Gasteiger partial charge in [0, 0.05) is 0 Å². The zero-order valence-electron chi connectivity index (χ0n) is 8.29. The van der Waals surface area contributed by atoms with Crippen LogP contribution in [0.1, 0.15) is 19.4 Å². The normalized spacial score (nSPS) is 9.69. The molecular formula is C12H16O. The summed E-state index contributed by atoms with van der Waals surface area (Å²) in [6.07, 6.45) is 2.09. The molecular weight excluding hydrogens is 160 g/mol. The van der Waals surface area contributed by atoms with E-state index in [-0.39, 0.29) is 0 Å². The average Bonchev–Trinajstić information content (AvgIpc) is 2.14. The summed E-state index contributed by atoms with van der Waals surface area (Å²) in [5.74, 6) is 0. The first-order valence-electron chi connectivity index (χ1n) is 4.54. The van der Waals surface area contributed by atoms with Crippen LogP contribution < -0.4 is 0 Å². The van der Waals surface area contributed by atoms with Gasteiger partial charge in [-0.15, -0.1) is 0 Å². The lowest BCUT2D eigenvalue weighted by Crippen LogP contribution is -1.92. The Kier molecular flexibility index (Phi) is 4.27. The standard InChI is InChI=1S/C12H16O/c1-11(2)8-9-13-10-12-6-4-3-5-7-12/h3-8H,9-10H2,1-2H3. The van der Waals surface area contributed by atoms with E-state index in [1.54, 1.807) is 0 Å². The highest BCUT2D eigenvalue weighted by molar-refractivity contribution is 5.13. The van der Waals surface area contributed by atoms with E-state index in [0.717, 1.165) is 0 Å². The van der Waals surface area contributed by atoms with Gasteiger partial charge in [-0.25, -0.2) is 0 Å². The molecule has 0 bridgehead atoms. The van der Waals surface area contributed by atoms with Crippen molar-refractivity contribution < 1.29 is 4.74 Å². The summed E-state index contributed by atoms with van der Waals surface area (Å²) < 4.78 is 5.45. The molecule has 0 N–H and O–H groups in total. The lowest BCUT2D eigenvalue weighted by molar-refractivity contribution is 0.148. The summed E-state index contributed by atoms with van der Waals surface area (Å²) >= 11 is 0. The first-order valence-corrected chi connectivity index (χ1v) is 4.54. The topological polar surface area (TPSA) is 9.23 Å². The zero-order chi connectivity index (χ0) is 9.52. The van der Waals surface area contributed by atoms with Crippen molar-refractivity contribution in [3.05, 3.63) is 47.5 Å². The average molecular weight is 176 g/mol. The van der Waals surface area contributed by atoms with Crippen LogP contribution in [-0.2, 0) is 11.3 Å². The second kappa shape index (κ2) is 5.55. The van der Waals surface area contributed by atoms with Gasteiger partial charge in [0.15, 0.2) is 0 Å². The molecule has 1 heteroatoms. The molecule has 70 valence electrons. The summed E-state index contributed by atoms with van der Waals surface area (Å²) in [7, 11) is 0. The van der Waals surface area contributed by atoms with E-state index in [0.29, 0.717) is 13.2 Å². The third-order valence-corrected chi connectivity index (χ3v) is 1.72. The summed E-state index contributed by atoms with van der Waals surface area (Å²) in [4.78, 5) is 0. The fourth-order valence-corrected chi connectivity index (χ4v) is 0.977. The Balaban J connectivity index is 2.25. The van der Waals surface area contributed by atoms with Gasteiger partial charge in [-0.3, -0.25) is 0 Å². The van der Waals surface area contributed by atoms with Gasteiger partial charge in [0.2, 0.25) is 0 Å². The summed E-state index contributed by atoms with van der Waals surface area (Å²) in [5.41, 5.74) is 2.53. The van der Waals surface area contributed by atoms with Crippen molar-refractivity contribution in [3.63, 3.8) is 0 Å². The maximum atomic E-state index is 5.45. The molecule has 0 aliphatic rings. The van der Waals surface area contributed by atoms with Gasteiger partial charge in [-0.2, -0.15) is 0 Å². The number of ether oxygens (including phenoxy) is 1. The Morgan fingerprint density at radius 3 is 2.54 bits per heavy atom. The van der Waals surface area contributed by atoms with Crippen LogP contribution in [0, 0.1) is 0 Å². The molecule has 0 saturated heterocycles. The third kappa shape index (κ3) is 4.48. The molecule has 0 aliphatic heterocycles. The minimum Gasteiger partial charge on any atom is -0.373 e. The minimum atomic E-state index is 0.699. The van der Waals surface area contributed by atoms with Crippen molar-refractivity contribution in [2.75, 3.05) is 6.61 Å². The van der Waals surface area contributed by atoms with Crippen molar-refractivity contribution in [1.82, 2.24) is 0 Å². The molecule has 1 aromatic rings. The van der Waals surface area contributed by atoms with E-state index >= 15 is 0 Å². The predicted octanol–water partition coefficient (Wildman–Crippen LogP) is 3.17. The molecule has 0 heterocycles. The molecule has 0 unspecified atom stereocenters. The van der Waals surface area contributed by atoms with E-state index in [1.165, 1.54) is 11.1 Å². The van der Waals surface area contributed by atoms with E-state index in [9.17, 15) is 0 Å². The monoisotopic (exact) mass is 176 g/mol. The van der Waals surface area contributed by atoms with E-state index in [2.05, 4.69) is 32.1 Å². The van der Waals surface area contributed by atoms with E-state index in [1.807, 2.05) is 18.2 Å². The van der Waals surface area contributed by atoms with Crippen LogP contribution >= 0.6 is 0 Å². The maximum absolute atomic E-state index is 5.45. The Morgan fingerprint density at radius 2 is 1.92 bits per heavy atom. The van der Waals surface area contributed by atoms with Crippen molar-refractivity contribution in [2.45, 2.75) is 20.5 Å². The van der Waals surface area contributed by atoms with E-state index in [4.69, 9.17) is 4.74 Å². The highest BCUT2D eigenvalue weighted by Gasteiger charge is 1.88. The van der Waals surface area contributed by atoms with Crippen LogP contribution in [0.25, 0.3) is 0 Å². The van der Waals surface area contributed by atoms with E-state index < -0.39 is 0 Å². The molecule has 0 radical (unpaired) electrons. The van der Waals surface area contributed by atoms with Gasteiger partial charge in [-0.05, 0) is 19.4 Å². The third-order valence-electron chi connectivity index (χ3n) is 1.72. The van der Waals surface area contributed by atoms with Gasteiger partial charge in [0.1, 0.15) is 0 Å². The van der Waals surface area contributed by atoms with Gasteiger partial charge in [-0.1, -0.05) is 42.0 Å². The van der Waals surface area contributed by atoms with Gasteiger partial charge in [0.25, 0.3) is 0 Å². The smallest absolute Gasteiger partial charge is 0.0721 e. The summed E-state index contributed by atoms with van der Waals surface area (Å²) in [5, 5.41) is 0. The lowest BCUT2D eigenvalue weighted by atomic mass is 10.2. The van der Waals surface area contributed by atoms with Crippen LogP contribution in [-0.4, -0.2) is 6.61 Å². The quantitative estimate of drug-likeness (QED) is 0.505. The molecule has 0 amide bonds. The molecule has 0 saturated carbocycles. The fourth-order valence-electron chi connectivity index (χ4n) is 0.977. The molecule has 1 aromatic carbocycles. The lowest BCUT2D eigenvalue weighted by Gasteiger charge is -2.00. The van der Waals surface area contributed by atoms with Crippen LogP contribution in [0.2, 0.25) is 0 Å². The van der Waals surface area contributed by atoms with Gasteiger partial charge >= 0.3 is 0 Å². The molecule has 1 rings (SSSR count). The number of benzene rings is 1. The first kappa shape index (κ1) is 10.0. The second-order valence-corrected chi connectivity index (χ2v) is 3.28. The SMILES string of the molecule is CC(C)=CCOCc1ccccc1. The van der Waals surface area contributed by atoms with Crippen molar-refractivity contribution in [2.24, 2.45) is 0 Å². The van der Waals surface area contributed by atoms with Crippen LogP contribution in [0.5, 0.6) is 0 Å². The van der Waals surface area contributed by atoms with Crippen molar-refractivity contribution >= 4 is 0 Å². The Hall–Kier alpha value is -1.08. The zero-order valence-corrected chi connectivity index (χ0v) is 8.29. The molecule has 0 spiro atoms. The summed E-state index contributed by atoms with van der Waals surface area (Å²) in [6.45, 7) is 5.56. The number of hydrogen-bond acceptors (Lipinski definition) is 1. The molecule has 0 aliphatic carbocycles. The Labute approximate surface area is 80.0 Å². The molecule has 0 aromatic heterocycles. The molecule has 0 atom stereocenters. The highest BCUT2D eigenvalue weighted by atomic mass is 16.5.